The van der Waals surface area contributed by atoms with Crippen LogP contribution in [-0.4, -0.2) is 12.1 Å². The van der Waals surface area contributed by atoms with Crippen LogP contribution >= 0.6 is 0 Å². The molecule has 0 aliphatic carbocycles. The number of ether oxygens (including phenoxy) is 1. The number of allylic oxidation sites excluding steroid dienone is 2. The molecule has 0 saturated heterocycles. The molecule has 0 bridgehead atoms. The van der Waals surface area contributed by atoms with Crippen LogP contribution in [0.1, 0.15) is 65.7 Å². The van der Waals surface area contributed by atoms with Gasteiger partial charge in [-0.25, -0.2) is 0 Å². The van der Waals surface area contributed by atoms with Gasteiger partial charge in [-0.05, 0) is 39.0 Å². The Labute approximate surface area is 100 Å². The second-order valence-electron chi connectivity index (χ2n) is 4.32. The lowest BCUT2D eigenvalue weighted by Crippen LogP contribution is -2.11. The minimum absolute atomic E-state index is 0.0709. The van der Waals surface area contributed by atoms with Crippen molar-refractivity contribution in [1.29, 1.82) is 0 Å². The number of carbonyl (C=O) groups is 1. The lowest BCUT2D eigenvalue weighted by molar-refractivity contribution is -0.145. The number of hydrogen-bond donors (Lipinski definition) is 0. The van der Waals surface area contributed by atoms with E-state index < -0.39 is 0 Å². The monoisotopic (exact) mass is 226 g/mol. The van der Waals surface area contributed by atoms with Crippen molar-refractivity contribution in [2.75, 3.05) is 0 Å². The summed E-state index contributed by atoms with van der Waals surface area (Å²) in [4.78, 5) is 10.7. The summed E-state index contributed by atoms with van der Waals surface area (Å²) in [5.74, 6) is -0.174. The zero-order valence-corrected chi connectivity index (χ0v) is 11.0. The normalized spacial score (nSPS) is 12.9. The van der Waals surface area contributed by atoms with Gasteiger partial charge < -0.3 is 4.74 Å². The first-order valence-corrected chi connectivity index (χ1v) is 6.49. The van der Waals surface area contributed by atoms with Gasteiger partial charge >= 0.3 is 5.97 Å². The fourth-order valence-corrected chi connectivity index (χ4v) is 1.59. The van der Waals surface area contributed by atoms with Crippen LogP contribution in [0.15, 0.2) is 12.2 Å². The third kappa shape index (κ3) is 11.3. The summed E-state index contributed by atoms with van der Waals surface area (Å²) in [5, 5.41) is 0. The van der Waals surface area contributed by atoms with Gasteiger partial charge in [-0.15, -0.1) is 0 Å². The van der Waals surface area contributed by atoms with Gasteiger partial charge in [0.2, 0.25) is 0 Å². The molecule has 0 amide bonds. The fraction of sp³-hybridized carbons (Fsp3) is 0.786. The van der Waals surface area contributed by atoms with Crippen LogP contribution in [0.2, 0.25) is 0 Å². The molecular formula is C14H26O2. The Balaban J connectivity index is 3.26. The summed E-state index contributed by atoms with van der Waals surface area (Å²) in [6.45, 7) is 5.63. The first-order chi connectivity index (χ1) is 7.66. The molecule has 2 nitrogen and oxygen atoms in total. The van der Waals surface area contributed by atoms with Gasteiger partial charge in [0.25, 0.3) is 0 Å². The third-order valence-electron chi connectivity index (χ3n) is 2.49. The van der Waals surface area contributed by atoms with Crippen LogP contribution in [0.4, 0.5) is 0 Å². The third-order valence-corrected chi connectivity index (χ3v) is 2.49. The fourth-order valence-electron chi connectivity index (χ4n) is 1.59. The lowest BCUT2D eigenvalue weighted by atomic mass is 10.1. The second kappa shape index (κ2) is 10.7. The van der Waals surface area contributed by atoms with Crippen LogP contribution in [0, 0.1) is 0 Å². The number of rotatable bonds is 9. The van der Waals surface area contributed by atoms with Crippen molar-refractivity contribution in [3.63, 3.8) is 0 Å². The molecule has 94 valence electrons. The molecular weight excluding hydrogens is 200 g/mol. The zero-order valence-electron chi connectivity index (χ0n) is 11.0. The number of hydrogen-bond acceptors (Lipinski definition) is 2. The minimum Gasteiger partial charge on any atom is -0.463 e. The molecule has 0 radical (unpaired) electrons. The number of esters is 1. The highest BCUT2D eigenvalue weighted by Crippen LogP contribution is 2.07. The van der Waals surface area contributed by atoms with E-state index in [0.717, 1.165) is 19.3 Å². The molecule has 0 saturated carbocycles. The van der Waals surface area contributed by atoms with E-state index in [1.165, 1.54) is 32.6 Å². The van der Waals surface area contributed by atoms with E-state index in [9.17, 15) is 4.79 Å². The van der Waals surface area contributed by atoms with Crippen molar-refractivity contribution in [2.24, 2.45) is 0 Å². The average molecular weight is 226 g/mol. The van der Waals surface area contributed by atoms with E-state index in [-0.39, 0.29) is 12.1 Å². The summed E-state index contributed by atoms with van der Waals surface area (Å²) in [6.07, 6.45) is 12.8. The molecule has 0 aliphatic heterocycles. The van der Waals surface area contributed by atoms with E-state index in [0.29, 0.717) is 0 Å². The maximum Gasteiger partial charge on any atom is 0.302 e. The molecule has 0 fully saturated rings. The Morgan fingerprint density at radius 2 is 1.81 bits per heavy atom. The molecule has 2 heteroatoms. The van der Waals surface area contributed by atoms with Crippen LogP contribution in [0.3, 0.4) is 0 Å². The lowest BCUT2D eigenvalue weighted by Gasteiger charge is -2.10. The van der Waals surface area contributed by atoms with Crippen molar-refractivity contribution in [2.45, 2.75) is 71.8 Å². The van der Waals surface area contributed by atoms with Crippen LogP contribution in [-0.2, 0) is 9.53 Å². The summed E-state index contributed by atoms with van der Waals surface area (Å²) in [6, 6.07) is 0. The molecule has 0 heterocycles. The molecule has 0 spiro atoms. The van der Waals surface area contributed by atoms with Gasteiger partial charge in [0.15, 0.2) is 0 Å². The molecule has 16 heavy (non-hydrogen) atoms. The van der Waals surface area contributed by atoms with Gasteiger partial charge in [-0.2, -0.15) is 0 Å². The highest BCUT2D eigenvalue weighted by Gasteiger charge is 2.03. The van der Waals surface area contributed by atoms with Crippen LogP contribution in [0.25, 0.3) is 0 Å². The van der Waals surface area contributed by atoms with Crippen LogP contribution < -0.4 is 0 Å². The summed E-state index contributed by atoms with van der Waals surface area (Å²) in [7, 11) is 0. The predicted molar refractivity (Wildman–Crippen MR) is 68.4 cm³/mol. The number of carbonyl (C=O) groups excluding carboxylic acids is 1. The molecule has 1 unspecified atom stereocenters. The highest BCUT2D eigenvalue weighted by molar-refractivity contribution is 5.66. The first kappa shape index (κ1) is 15.2. The second-order valence-corrected chi connectivity index (χ2v) is 4.32. The largest absolute Gasteiger partial charge is 0.463 e. The molecule has 1 atom stereocenters. The minimum atomic E-state index is -0.174. The molecule has 0 aromatic rings. The van der Waals surface area contributed by atoms with Gasteiger partial charge in [0, 0.05) is 6.92 Å². The van der Waals surface area contributed by atoms with E-state index in [1.807, 2.05) is 6.92 Å². The van der Waals surface area contributed by atoms with Gasteiger partial charge in [0.1, 0.15) is 0 Å². The average Bonchev–Trinajstić information content (AvgIpc) is 2.21. The Bertz CT molecular complexity index is 197. The van der Waals surface area contributed by atoms with Gasteiger partial charge in [0.05, 0.1) is 6.10 Å². The smallest absolute Gasteiger partial charge is 0.302 e. The van der Waals surface area contributed by atoms with E-state index in [1.54, 1.807) is 0 Å². The summed E-state index contributed by atoms with van der Waals surface area (Å²) >= 11 is 0. The van der Waals surface area contributed by atoms with E-state index >= 15 is 0 Å². The van der Waals surface area contributed by atoms with Crippen LogP contribution in [0.5, 0.6) is 0 Å². The molecule has 0 aliphatic rings. The van der Waals surface area contributed by atoms with Crippen molar-refractivity contribution in [1.82, 2.24) is 0 Å². The van der Waals surface area contributed by atoms with Crippen molar-refractivity contribution >= 4 is 5.97 Å². The standard InChI is InChI=1S/C14H26O2/c1-4-5-6-7-8-9-10-11-12-13(2)16-14(3)15/h7-8,13H,4-6,9-12H2,1-3H3. The Kier molecular flexibility index (Phi) is 10.2. The first-order valence-electron chi connectivity index (χ1n) is 6.49. The van der Waals surface area contributed by atoms with E-state index in [4.69, 9.17) is 4.74 Å². The Morgan fingerprint density at radius 3 is 2.38 bits per heavy atom. The molecule has 0 rings (SSSR count). The molecule has 0 aromatic carbocycles. The Morgan fingerprint density at radius 1 is 1.19 bits per heavy atom. The van der Waals surface area contributed by atoms with Crippen molar-refractivity contribution in [3.05, 3.63) is 12.2 Å². The Hall–Kier alpha value is -0.790. The van der Waals surface area contributed by atoms with E-state index in [2.05, 4.69) is 19.1 Å². The van der Waals surface area contributed by atoms with Crippen molar-refractivity contribution in [3.8, 4) is 0 Å². The maximum atomic E-state index is 10.7. The quantitative estimate of drug-likeness (QED) is 0.334. The van der Waals surface area contributed by atoms with Gasteiger partial charge in [-0.3, -0.25) is 4.79 Å². The van der Waals surface area contributed by atoms with Crippen molar-refractivity contribution < 1.29 is 9.53 Å². The molecule has 0 aromatic heterocycles. The predicted octanol–water partition coefficient (Wildman–Crippen LogP) is 4.24. The topological polar surface area (TPSA) is 26.3 Å². The maximum absolute atomic E-state index is 10.7. The molecule has 0 N–H and O–H groups in total. The number of unbranched alkanes of at least 4 members (excludes halogenated alkanes) is 4. The highest BCUT2D eigenvalue weighted by atomic mass is 16.5. The summed E-state index contributed by atoms with van der Waals surface area (Å²) in [5.41, 5.74) is 0. The zero-order chi connectivity index (χ0) is 12.2. The summed E-state index contributed by atoms with van der Waals surface area (Å²) < 4.78 is 5.05. The van der Waals surface area contributed by atoms with Gasteiger partial charge in [-0.1, -0.05) is 31.9 Å². The SMILES string of the molecule is CCCCC=CCCCCC(C)OC(C)=O.